The van der Waals surface area contributed by atoms with Crippen LogP contribution in [0.5, 0.6) is 0 Å². The Bertz CT molecular complexity index is 981. The molecule has 6 nitrogen and oxygen atoms in total. The Hall–Kier alpha value is -2.89. The molecule has 0 aliphatic rings. The van der Waals surface area contributed by atoms with Crippen molar-refractivity contribution in [2.75, 3.05) is 0 Å². The summed E-state index contributed by atoms with van der Waals surface area (Å²) in [6.07, 6.45) is 0.141. The largest absolute Gasteiger partial charge is 0.481 e. The van der Waals surface area contributed by atoms with Gasteiger partial charge in [0.2, 0.25) is 0 Å². The van der Waals surface area contributed by atoms with Crippen molar-refractivity contribution < 1.29 is 9.90 Å². The first-order valence-corrected chi connectivity index (χ1v) is 7.78. The van der Waals surface area contributed by atoms with Crippen LogP contribution in [0.1, 0.15) is 28.8 Å². The minimum absolute atomic E-state index is 0.0689. The molecule has 0 aliphatic heterocycles. The second kappa shape index (κ2) is 5.96. The van der Waals surface area contributed by atoms with Gasteiger partial charge in [-0.15, -0.1) is 0 Å². The van der Waals surface area contributed by atoms with Crippen LogP contribution >= 0.6 is 0 Å². The summed E-state index contributed by atoms with van der Waals surface area (Å²) in [6.45, 7) is 5.75. The minimum atomic E-state index is -0.916. The van der Waals surface area contributed by atoms with Gasteiger partial charge in [0.25, 0.3) is 5.56 Å². The number of hydrogen-bond donors (Lipinski definition) is 2. The predicted molar refractivity (Wildman–Crippen MR) is 91.9 cm³/mol. The maximum absolute atomic E-state index is 12.4. The Balaban J connectivity index is 2.20. The number of carboxylic acid groups (broad SMARTS) is 1. The number of carbonyl (C=O) groups is 1. The lowest BCUT2D eigenvalue weighted by Crippen LogP contribution is -2.17. The van der Waals surface area contributed by atoms with Crippen LogP contribution in [-0.2, 0) is 11.2 Å². The Morgan fingerprint density at radius 2 is 1.88 bits per heavy atom. The summed E-state index contributed by atoms with van der Waals surface area (Å²) in [4.78, 5) is 26.1. The van der Waals surface area contributed by atoms with Crippen molar-refractivity contribution in [3.8, 4) is 5.69 Å². The average molecular weight is 325 g/mol. The molecule has 3 rings (SSSR count). The van der Waals surface area contributed by atoms with Gasteiger partial charge in [-0.25, -0.2) is 4.68 Å². The molecule has 0 unspecified atom stereocenters. The summed E-state index contributed by atoms with van der Waals surface area (Å²) in [5, 5.41) is 14.3. The van der Waals surface area contributed by atoms with Gasteiger partial charge in [-0.2, -0.15) is 5.10 Å². The number of aromatic nitrogens is 3. The maximum atomic E-state index is 12.4. The SMILES string of the molecule is Cc1ccc(-n2nc(C)c3c(C)c(CCC(=O)O)c(=O)[nH]c32)cc1. The zero-order valence-electron chi connectivity index (χ0n) is 13.9. The first-order valence-electron chi connectivity index (χ1n) is 7.78. The lowest BCUT2D eigenvalue weighted by atomic mass is 10.0. The summed E-state index contributed by atoms with van der Waals surface area (Å²) >= 11 is 0. The van der Waals surface area contributed by atoms with E-state index in [1.54, 1.807) is 4.68 Å². The molecule has 2 aromatic heterocycles. The molecule has 0 radical (unpaired) electrons. The van der Waals surface area contributed by atoms with Crippen LogP contribution in [0.15, 0.2) is 29.1 Å². The summed E-state index contributed by atoms with van der Waals surface area (Å²) in [7, 11) is 0. The number of carboxylic acids is 1. The number of fused-ring (bicyclic) bond motifs is 1. The number of aromatic amines is 1. The highest BCUT2D eigenvalue weighted by atomic mass is 16.4. The first kappa shape index (κ1) is 16.0. The van der Waals surface area contributed by atoms with Gasteiger partial charge >= 0.3 is 5.97 Å². The van der Waals surface area contributed by atoms with Crippen molar-refractivity contribution in [1.29, 1.82) is 0 Å². The molecule has 2 N–H and O–H groups in total. The van der Waals surface area contributed by atoms with Crippen LogP contribution < -0.4 is 5.56 Å². The Morgan fingerprint density at radius 3 is 2.50 bits per heavy atom. The van der Waals surface area contributed by atoms with Crippen LogP contribution in [0.25, 0.3) is 16.7 Å². The summed E-state index contributed by atoms with van der Waals surface area (Å²) in [6, 6.07) is 7.88. The van der Waals surface area contributed by atoms with Crippen molar-refractivity contribution in [2.45, 2.75) is 33.6 Å². The van der Waals surface area contributed by atoms with Crippen molar-refractivity contribution in [3.05, 3.63) is 57.0 Å². The molecular weight excluding hydrogens is 306 g/mol. The zero-order chi connectivity index (χ0) is 17.4. The molecule has 0 fully saturated rings. The van der Waals surface area contributed by atoms with E-state index in [0.29, 0.717) is 11.2 Å². The predicted octanol–water partition coefficient (Wildman–Crippen LogP) is 2.66. The van der Waals surface area contributed by atoms with E-state index >= 15 is 0 Å². The summed E-state index contributed by atoms with van der Waals surface area (Å²) < 4.78 is 1.72. The van der Waals surface area contributed by atoms with Gasteiger partial charge in [-0.3, -0.25) is 9.59 Å². The fraction of sp³-hybridized carbons (Fsp3) is 0.278. The van der Waals surface area contributed by atoms with Crippen LogP contribution in [0.3, 0.4) is 0 Å². The first-order chi connectivity index (χ1) is 11.4. The topological polar surface area (TPSA) is 88.0 Å². The molecule has 24 heavy (non-hydrogen) atoms. The molecule has 124 valence electrons. The Labute approximate surface area is 138 Å². The molecule has 0 aliphatic carbocycles. The minimum Gasteiger partial charge on any atom is -0.481 e. The molecule has 2 heterocycles. The molecule has 0 amide bonds. The van der Waals surface area contributed by atoms with E-state index in [9.17, 15) is 9.59 Å². The number of nitrogens with one attached hydrogen (secondary N) is 1. The van der Waals surface area contributed by atoms with Crippen LogP contribution in [0, 0.1) is 20.8 Å². The number of benzene rings is 1. The van der Waals surface area contributed by atoms with E-state index in [1.165, 1.54) is 0 Å². The summed E-state index contributed by atoms with van der Waals surface area (Å²) in [5.74, 6) is -0.916. The molecule has 0 saturated heterocycles. The van der Waals surface area contributed by atoms with Crippen LogP contribution in [0.2, 0.25) is 0 Å². The number of aryl methyl sites for hydroxylation is 3. The van der Waals surface area contributed by atoms with Crippen LogP contribution in [-0.4, -0.2) is 25.8 Å². The third kappa shape index (κ3) is 2.71. The second-order valence-corrected chi connectivity index (χ2v) is 6.01. The van der Waals surface area contributed by atoms with Gasteiger partial charge in [-0.05, 0) is 44.9 Å². The Kier molecular flexibility index (Phi) is 3.97. The van der Waals surface area contributed by atoms with E-state index in [-0.39, 0.29) is 18.4 Å². The molecule has 0 bridgehead atoms. The standard InChI is InChI=1S/C18H19N3O3/c1-10-4-6-13(7-5-10)21-17-16(12(3)20-21)11(2)14(18(24)19-17)8-9-15(22)23/h4-7H,8-9H2,1-3H3,(H,19,24)(H,22,23). The third-order valence-corrected chi connectivity index (χ3v) is 4.26. The highest BCUT2D eigenvalue weighted by molar-refractivity contribution is 5.84. The van der Waals surface area contributed by atoms with Gasteiger partial charge in [0.15, 0.2) is 0 Å². The molecule has 0 atom stereocenters. The van der Waals surface area contributed by atoms with Crippen molar-refractivity contribution in [2.24, 2.45) is 0 Å². The molecule has 1 aromatic carbocycles. The highest BCUT2D eigenvalue weighted by Crippen LogP contribution is 2.24. The normalized spacial score (nSPS) is 11.1. The average Bonchev–Trinajstić information content (AvgIpc) is 2.84. The smallest absolute Gasteiger partial charge is 0.303 e. The van der Waals surface area contributed by atoms with Gasteiger partial charge < -0.3 is 10.1 Å². The molecule has 6 heteroatoms. The van der Waals surface area contributed by atoms with E-state index in [2.05, 4.69) is 10.1 Å². The van der Waals surface area contributed by atoms with E-state index in [1.807, 2.05) is 45.0 Å². The Morgan fingerprint density at radius 1 is 1.21 bits per heavy atom. The lowest BCUT2D eigenvalue weighted by molar-refractivity contribution is -0.136. The molecule has 0 saturated carbocycles. The number of nitrogens with zero attached hydrogens (tertiary/aromatic N) is 2. The fourth-order valence-corrected chi connectivity index (χ4v) is 3.00. The number of rotatable bonds is 4. The molecule has 0 spiro atoms. The summed E-state index contributed by atoms with van der Waals surface area (Å²) in [5.41, 5.74) is 4.50. The van der Waals surface area contributed by atoms with Gasteiger partial charge in [0.05, 0.1) is 11.4 Å². The third-order valence-electron chi connectivity index (χ3n) is 4.26. The van der Waals surface area contributed by atoms with Crippen molar-refractivity contribution in [1.82, 2.24) is 14.8 Å². The van der Waals surface area contributed by atoms with E-state index in [0.717, 1.165) is 27.9 Å². The number of H-pyrrole nitrogens is 1. The van der Waals surface area contributed by atoms with E-state index < -0.39 is 5.97 Å². The monoisotopic (exact) mass is 325 g/mol. The van der Waals surface area contributed by atoms with Crippen molar-refractivity contribution >= 4 is 17.0 Å². The van der Waals surface area contributed by atoms with Gasteiger partial charge in [0, 0.05) is 17.4 Å². The fourth-order valence-electron chi connectivity index (χ4n) is 3.00. The molecular formula is C18H19N3O3. The number of aliphatic carboxylic acids is 1. The van der Waals surface area contributed by atoms with E-state index in [4.69, 9.17) is 5.11 Å². The molecule has 3 aromatic rings. The number of hydrogen-bond acceptors (Lipinski definition) is 3. The van der Waals surface area contributed by atoms with Crippen LogP contribution in [0.4, 0.5) is 0 Å². The maximum Gasteiger partial charge on any atom is 0.303 e. The second-order valence-electron chi connectivity index (χ2n) is 6.01. The lowest BCUT2D eigenvalue weighted by Gasteiger charge is -2.07. The van der Waals surface area contributed by atoms with Gasteiger partial charge in [-0.1, -0.05) is 17.7 Å². The highest BCUT2D eigenvalue weighted by Gasteiger charge is 2.17. The zero-order valence-corrected chi connectivity index (χ0v) is 13.9. The van der Waals surface area contributed by atoms with Crippen molar-refractivity contribution in [3.63, 3.8) is 0 Å². The quantitative estimate of drug-likeness (QED) is 0.772. The van der Waals surface area contributed by atoms with Gasteiger partial charge in [0.1, 0.15) is 5.65 Å². The number of pyridine rings is 1.